The van der Waals surface area contributed by atoms with Crippen LogP contribution >= 0.6 is 0 Å². The van der Waals surface area contributed by atoms with E-state index in [1.165, 1.54) is 31.2 Å². The Labute approximate surface area is 91.3 Å². The summed E-state index contributed by atoms with van der Waals surface area (Å²) in [5.74, 6) is 0.343. The minimum atomic E-state index is 0.0875. The molecule has 1 aromatic carbocycles. The molecule has 1 aliphatic heterocycles. The summed E-state index contributed by atoms with van der Waals surface area (Å²) in [7, 11) is 0. The molecule has 1 unspecified atom stereocenters. The van der Waals surface area contributed by atoms with Gasteiger partial charge in [-0.15, -0.1) is 0 Å². The van der Waals surface area contributed by atoms with E-state index in [9.17, 15) is 5.11 Å². The van der Waals surface area contributed by atoms with Gasteiger partial charge >= 0.3 is 0 Å². The minimum absolute atomic E-state index is 0.0875. The molecule has 2 heteroatoms. The standard InChI is InChI=1S/C13H19NO/c1-13(9-3-2-4-10-14-13)11-5-7-12(15)8-6-11/h5-8,14-15H,2-4,9-10H2,1H3. The van der Waals surface area contributed by atoms with Crippen LogP contribution in [0.2, 0.25) is 0 Å². The number of phenolic OH excluding ortho intramolecular Hbond substituents is 1. The zero-order valence-electron chi connectivity index (χ0n) is 9.29. The summed E-state index contributed by atoms with van der Waals surface area (Å²) < 4.78 is 0. The molecule has 2 N–H and O–H groups in total. The molecule has 1 saturated heterocycles. The van der Waals surface area contributed by atoms with Crippen LogP contribution in [0.25, 0.3) is 0 Å². The van der Waals surface area contributed by atoms with E-state index in [1.54, 1.807) is 12.1 Å². The van der Waals surface area contributed by atoms with Crippen LogP contribution in [0.4, 0.5) is 0 Å². The predicted molar refractivity (Wildman–Crippen MR) is 61.9 cm³/mol. The van der Waals surface area contributed by atoms with Crippen LogP contribution in [0.3, 0.4) is 0 Å². The number of aromatic hydroxyl groups is 1. The van der Waals surface area contributed by atoms with Gasteiger partial charge in [-0.3, -0.25) is 0 Å². The monoisotopic (exact) mass is 205 g/mol. The number of phenols is 1. The van der Waals surface area contributed by atoms with Gasteiger partial charge in [0.25, 0.3) is 0 Å². The molecule has 15 heavy (non-hydrogen) atoms. The lowest BCUT2D eigenvalue weighted by Gasteiger charge is -2.30. The van der Waals surface area contributed by atoms with Crippen molar-refractivity contribution in [1.82, 2.24) is 5.32 Å². The fraction of sp³-hybridized carbons (Fsp3) is 0.538. The van der Waals surface area contributed by atoms with Crippen molar-refractivity contribution < 1.29 is 5.11 Å². The van der Waals surface area contributed by atoms with Gasteiger partial charge in [0.15, 0.2) is 0 Å². The van der Waals surface area contributed by atoms with Gasteiger partial charge in [-0.2, -0.15) is 0 Å². The zero-order chi connectivity index (χ0) is 10.7. The molecule has 1 heterocycles. The molecule has 1 aromatic rings. The maximum absolute atomic E-state index is 9.27. The molecule has 1 atom stereocenters. The van der Waals surface area contributed by atoms with Crippen molar-refractivity contribution in [3.05, 3.63) is 29.8 Å². The van der Waals surface area contributed by atoms with Crippen molar-refractivity contribution in [2.75, 3.05) is 6.54 Å². The minimum Gasteiger partial charge on any atom is -0.508 e. The SMILES string of the molecule is CC1(c2ccc(O)cc2)CCCCCN1. The molecule has 0 radical (unpaired) electrons. The Hall–Kier alpha value is -1.02. The Bertz CT molecular complexity index is 310. The Morgan fingerprint density at radius 2 is 1.87 bits per heavy atom. The fourth-order valence-corrected chi connectivity index (χ4v) is 2.31. The maximum atomic E-state index is 9.27. The first-order valence-corrected chi connectivity index (χ1v) is 5.75. The van der Waals surface area contributed by atoms with Crippen molar-refractivity contribution in [2.45, 2.75) is 38.1 Å². The van der Waals surface area contributed by atoms with Crippen molar-refractivity contribution in [3.8, 4) is 5.75 Å². The van der Waals surface area contributed by atoms with Crippen molar-refractivity contribution in [1.29, 1.82) is 0 Å². The van der Waals surface area contributed by atoms with E-state index >= 15 is 0 Å². The number of nitrogens with one attached hydrogen (secondary N) is 1. The summed E-state index contributed by atoms with van der Waals surface area (Å²) >= 11 is 0. The number of hydrogen-bond donors (Lipinski definition) is 2. The number of hydrogen-bond acceptors (Lipinski definition) is 2. The number of benzene rings is 1. The van der Waals surface area contributed by atoms with E-state index < -0.39 is 0 Å². The smallest absolute Gasteiger partial charge is 0.115 e. The van der Waals surface area contributed by atoms with Crippen molar-refractivity contribution in [2.24, 2.45) is 0 Å². The Morgan fingerprint density at radius 1 is 1.13 bits per heavy atom. The second kappa shape index (κ2) is 4.23. The average molecular weight is 205 g/mol. The normalized spacial score (nSPS) is 27.3. The molecule has 2 nitrogen and oxygen atoms in total. The van der Waals surface area contributed by atoms with Crippen LogP contribution in [0.1, 0.15) is 38.2 Å². The van der Waals surface area contributed by atoms with Gasteiger partial charge in [0.1, 0.15) is 5.75 Å². The van der Waals surface area contributed by atoms with Crippen LogP contribution in [-0.4, -0.2) is 11.7 Å². The third-order valence-electron chi connectivity index (χ3n) is 3.37. The maximum Gasteiger partial charge on any atom is 0.115 e. The molecular weight excluding hydrogens is 186 g/mol. The van der Waals surface area contributed by atoms with E-state index in [4.69, 9.17) is 0 Å². The highest BCUT2D eigenvalue weighted by molar-refractivity contribution is 5.30. The second-order valence-electron chi connectivity index (χ2n) is 4.62. The van der Waals surface area contributed by atoms with Crippen LogP contribution in [0, 0.1) is 0 Å². The molecule has 0 amide bonds. The van der Waals surface area contributed by atoms with Crippen LogP contribution in [-0.2, 0) is 5.54 Å². The lowest BCUT2D eigenvalue weighted by Crippen LogP contribution is -2.38. The molecule has 1 fully saturated rings. The third-order valence-corrected chi connectivity index (χ3v) is 3.37. The van der Waals surface area contributed by atoms with E-state index in [0.717, 1.165) is 6.54 Å². The highest BCUT2D eigenvalue weighted by atomic mass is 16.3. The van der Waals surface area contributed by atoms with Gasteiger partial charge in [-0.1, -0.05) is 25.0 Å². The number of rotatable bonds is 1. The quantitative estimate of drug-likeness (QED) is 0.739. The van der Waals surface area contributed by atoms with Gasteiger partial charge in [-0.25, -0.2) is 0 Å². The van der Waals surface area contributed by atoms with Crippen LogP contribution < -0.4 is 5.32 Å². The Morgan fingerprint density at radius 3 is 2.60 bits per heavy atom. The molecule has 0 saturated carbocycles. The van der Waals surface area contributed by atoms with Crippen LogP contribution in [0.15, 0.2) is 24.3 Å². The summed E-state index contributed by atoms with van der Waals surface area (Å²) in [6.07, 6.45) is 5.05. The molecule has 0 spiro atoms. The molecule has 0 aromatic heterocycles. The topological polar surface area (TPSA) is 32.3 Å². The second-order valence-corrected chi connectivity index (χ2v) is 4.62. The van der Waals surface area contributed by atoms with Gasteiger partial charge in [0.2, 0.25) is 0 Å². The highest BCUT2D eigenvalue weighted by Gasteiger charge is 2.26. The Kier molecular flexibility index (Phi) is 2.96. The van der Waals surface area contributed by atoms with Crippen molar-refractivity contribution >= 4 is 0 Å². The fourth-order valence-electron chi connectivity index (χ4n) is 2.31. The zero-order valence-corrected chi connectivity index (χ0v) is 9.29. The summed E-state index contributed by atoms with van der Waals surface area (Å²) in [4.78, 5) is 0. The first kappa shape index (κ1) is 10.5. The van der Waals surface area contributed by atoms with E-state index in [1.807, 2.05) is 12.1 Å². The Balaban J connectivity index is 2.22. The third kappa shape index (κ3) is 2.32. The summed E-state index contributed by atoms with van der Waals surface area (Å²) in [6.45, 7) is 3.35. The summed E-state index contributed by atoms with van der Waals surface area (Å²) in [6, 6.07) is 7.58. The van der Waals surface area contributed by atoms with E-state index in [2.05, 4.69) is 12.2 Å². The van der Waals surface area contributed by atoms with Gasteiger partial charge < -0.3 is 10.4 Å². The van der Waals surface area contributed by atoms with Gasteiger partial charge in [-0.05, 0) is 44.0 Å². The largest absolute Gasteiger partial charge is 0.508 e. The molecule has 0 bridgehead atoms. The van der Waals surface area contributed by atoms with Gasteiger partial charge in [0.05, 0.1) is 0 Å². The average Bonchev–Trinajstić information content (AvgIpc) is 2.45. The first-order valence-electron chi connectivity index (χ1n) is 5.75. The lowest BCUT2D eigenvalue weighted by atomic mass is 9.87. The highest BCUT2D eigenvalue weighted by Crippen LogP contribution is 2.30. The molecule has 0 aliphatic carbocycles. The summed E-state index contributed by atoms with van der Waals surface area (Å²) in [5.41, 5.74) is 1.37. The molecule has 1 aliphatic rings. The van der Waals surface area contributed by atoms with E-state index in [0.29, 0.717) is 5.75 Å². The van der Waals surface area contributed by atoms with E-state index in [-0.39, 0.29) is 5.54 Å². The predicted octanol–water partition coefficient (Wildman–Crippen LogP) is 2.77. The lowest BCUT2D eigenvalue weighted by molar-refractivity contribution is 0.359. The first-order chi connectivity index (χ1) is 7.21. The van der Waals surface area contributed by atoms with Crippen LogP contribution in [0.5, 0.6) is 5.75 Å². The van der Waals surface area contributed by atoms with Gasteiger partial charge in [0, 0.05) is 5.54 Å². The van der Waals surface area contributed by atoms with Crippen molar-refractivity contribution in [3.63, 3.8) is 0 Å². The molecule has 2 rings (SSSR count). The molecular formula is C13H19NO. The summed E-state index contributed by atoms with van der Waals surface area (Å²) in [5, 5.41) is 12.9. The molecule has 82 valence electrons.